The van der Waals surface area contributed by atoms with Gasteiger partial charge in [-0.1, -0.05) is 67.6 Å². The molecule has 4 aromatic rings. The Morgan fingerprint density at radius 2 is 1.71 bits per heavy atom. The molecule has 1 aliphatic heterocycles. The van der Waals surface area contributed by atoms with E-state index in [-0.39, 0.29) is 18.6 Å². The fraction of sp³-hybridized carbons (Fsp3) is 0.296. The number of nitrogens with two attached hydrogens (primary N) is 1. The van der Waals surface area contributed by atoms with Crippen LogP contribution in [0.5, 0.6) is 0 Å². The van der Waals surface area contributed by atoms with E-state index in [1.165, 1.54) is 6.33 Å². The molecule has 2 aromatic heterocycles. The minimum absolute atomic E-state index is 0.280. The van der Waals surface area contributed by atoms with Gasteiger partial charge in [-0.15, -0.1) is 0 Å². The molecular formula is C27H27N5O3. The summed E-state index contributed by atoms with van der Waals surface area (Å²) in [6.45, 7) is 3.10. The van der Waals surface area contributed by atoms with Crippen LogP contribution in [-0.2, 0) is 33.0 Å². The molecule has 0 spiro atoms. The maximum atomic E-state index is 10.5. The summed E-state index contributed by atoms with van der Waals surface area (Å²) in [6, 6.07) is 25.9. The zero-order valence-electron chi connectivity index (χ0n) is 19.4. The Bertz CT molecular complexity index is 1320. The largest absolute Gasteiger partial charge is 0.382 e. The van der Waals surface area contributed by atoms with Crippen molar-refractivity contribution in [3.63, 3.8) is 0 Å². The van der Waals surface area contributed by atoms with Crippen LogP contribution in [0.15, 0.2) is 79.1 Å². The molecule has 0 saturated carbocycles. The van der Waals surface area contributed by atoms with Gasteiger partial charge in [-0.2, -0.15) is 10.4 Å². The first-order chi connectivity index (χ1) is 17.1. The highest BCUT2D eigenvalue weighted by molar-refractivity contribution is 5.66. The summed E-state index contributed by atoms with van der Waals surface area (Å²) >= 11 is 0. The van der Waals surface area contributed by atoms with Crippen molar-refractivity contribution in [2.45, 2.75) is 37.9 Å². The summed E-state index contributed by atoms with van der Waals surface area (Å²) in [5.41, 5.74) is 8.07. The molecule has 2 aromatic carbocycles. The lowest BCUT2D eigenvalue weighted by Crippen LogP contribution is -2.35. The number of anilines is 1. The van der Waals surface area contributed by atoms with E-state index in [0.29, 0.717) is 30.2 Å². The Labute approximate surface area is 203 Å². The lowest BCUT2D eigenvalue weighted by Gasteiger charge is -2.26. The second kappa shape index (κ2) is 9.84. The van der Waals surface area contributed by atoms with Crippen LogP contribution >= 0.6 is 0 Å². The molecular weight excluding hydrogens is 442 g/mol. The number of hydrogen-bond donors (Lipinski definition) is 1. The molecule has 5 rings (SSSR count). The molecule has 1 fully saturated rings. The van der Waals surface area contributed by atoms with Crippen molar-refractivity contribution in [2.24, 2.45) is 5.92 Å². The van der Waals surface area contributed by atoms with Crippen molar-refractivity contribution < 1.29 is 14.2 Å². The van der Waals surface area contributed by atoms with Gasteiger partial charge in [0.2, 0.25) is 5.60 Å². The van der Waals surface area contributed by atoms with Crippen molar-refractivity contribution in [1.29, 1.82) is 5.26 Å². The van der Waals surface area contributed by atoms with E-state index < -0.39 is 11.7 Å². The fourth-order valence-corrected chi connectivity index (χ4v) is 4.69. The van der Waals surface area contributed by atoms with E-state index >= 15 is 0 Å². The van der Waals surface area contributed by atoms with Gasteiger partial charge in [0.15, 0.2) is 5.82 Å². The lowest BCUT2D eigenvalue weighted by atomic mass is 9.85. The Hall–Kier alpha value is -3.77. The first-order valence-electron chi connectivity index (χ1n) is 11.6. The summed E-state index contributed by atoms with van der Waals surface area (Å²) in [6.07, 6.45) is 0.539. The smallest absolute Gasteiger partial charge is 0.201 e. The highest BCUT2D eigenvalue weighted by Gasteiger charge is 2.56. The fourth-order valence-electron chi connectivity index (χ4n) is 4.69. The quantitative estimate of drug-likeness (QED) is 0.417. The Morgan fingerprint density at radius 1 is 1.03 bits per heavy atom. The molecule has 0 bridgehead atoms. The average Bonchev–Trinajstić information content (AvgIpc) is 3.44. The number of nitriles is 1. The molecule has 2 N–H and O–H groups in total. The lowest BCUT2D eigenvalue weighted by molar-refractivity contribution is -0.0869. The molecule has 1 unspecified atom stereocenters. The first-order valence-corrected chi connectivity index (χ1v) is 11.6. The van der Waals surface area contributed by atoms with Crippen molar-refractivity contribution >= 4 is 11.3 Å². The SMILES string of the molecule is C[C@H]1[C@H](OCc2ccccc2)[C@@H](COCc2ccccc2)OC1(C#N)c1ccc2c(N)ncnn12. The van der Waals surface area contributed by atoms with Gasteiger partial charge >= 0.3 is 0 Å². The zero-order valence-corrected chi connectivity index (χ0v) is 19.4. The van der Waals surface area contributed by atoms with Gasteiger partial charge in [-0.3, -0.25) is 0 Å². The second-order valence-corrected chi connectivity index (χ2v) is 8.72. The third-order valence-electron chi connectivity index (χ3n) is 6.55. The van der Waals surface area contributed by atoms with Crippen LogP contribution in [0.25, 0.3) is 5.52 Å². The van der Waals surface area contributed by atoms with Crippen LogP contribution in [0.3, 0.4) is 0 Å². The number of nitrogen functional groups attached to an aromatic ring is 1. The molecule has 8 nitrogen and oxygen atoms in total. The van der Waals surface area contributed by atoms with Crippen molar-refractivity contribution in [2.75, 3.05) is 12.3 Å². The number of nitrogens with zero attached hydrogens (tertiary/aromatic N) is 4. The zero-order chi connectivity index (χ0) is 24.3. The average molecular weight is 470 g/mol. The minimum Gasteiger partial charge on any atom is -0.382 e. The van der Waals surface area contributed by atoms with Gasteiger partial charge in [0.25, 0.3) is 0 Å². The maximum Gasteiger partial charge on any atom is 0.201 e. The van der Waals surface area contributed by atoms with Crippen molar-refractivity contribution in [1.82, 2.24) is 14.6 Å². The maximum absolute atomic E-state index is 10.5. The van der Waals surface area contributed by atoms with Crippen LogP contribution < -0.4 is 5.73 Å². The molecule has 4 atom stereocenters. The third-order valence-corrected chi connectivity index (χ3v) is 6.55. The van der Waals surface area contributed by atoms with E-state index in [1.807, 2.05) is 73.7 Å². The van der Waals surface area contributed by atoms with E-state index in [4.69, 9.17) is 19.9 Å². The van der Waals surface area contributed by atoms with Crippen LogP contribution in [-0.4, -0.2) is 33.4 Å². The summed E-state index contributed by atoms with van der Waals surface area (Å²) in [5.74, 6) is 0.0282. The van der Waals surface area contributed by atoms with Gasteiger partial charge in [0, 0.05) is 5.92 Å². The molecule has 3 heterocycles. The van der Waals surface area contributed by atoms with Crippen LogP contribution in [0.4, 0.5) is 5.82 Å². The molecule has 8 heteroatoms. The van der Waals surface area contributed by atoms with Gasteiger partial charge in [-0.05, 0) is 23.3 Å². The molecule has 1 saturated heterocycles. The first kappa shape index (κ1) is 23.0. The Balaban J connectivity index is 1.43. The number of rotatable bonds is 8. The number of fused-ring (bicyclic) bond motifs is 1. The minimum atomic E-state index is -1.30. The number of hydrogen-bond acceptors (Lipinski definition) is 7. The molecule has 0 amide bonds. The summed E-state index contributed by atoms with van der Waals surface area (Å²) in [5, 5.41) is 14.8. The number of benzene rings is 2. The van der Waals surface area contributed by atoms with Crippen LogP contribution in [0, 0.1) is 17.2 Å². The normalized spacial score (nSPS) is 23.9. The summed E-state index contributed by atoms with van der Waals surface area (Å²) in [7, 11) is 0. The number of ether oxygens (including phenoxy) is 3. The number of aromatic nitrogens is 3. The van der Waals surface area contributed by atoms with E-state index in [2.05, 4.69) is 16.2 Å². The van der Waals surface area contributed by atoms with Crippen molar-refractivity contribution in [3.05, 3.63) is 95.9 Å². The van der Waals surface area contributed by atoms with E-state index in [1.54, 1.807) is 10.6 Å². The van der Waals surface area contributed by atoms with Gasteiger partial charge in [-0.25, -0.2) is 9.50 Å². The topological polar surface area (TPSA) is 108 Å². The predicted molar refractivity (Wildman–Crippen MR) is 130 cm³/mol. The molecule has 178 valence electrons. The van der Waals surface area contributed by atoms with Crippen LogP contribution in [0.1, 0.15) is 23.7 Å². The molecule has 35 heavy (non-hydrogen) atoms. The highest BCUT2D eigenvalue weighted by Crippen LogP contribution is 2.46. The summed E-state index contributed by atoms with van der Waals surface area (Å²) < 4.78 is 20.6. The monoisotopic (exact) mass is 469 g/mol. The van der Waals surface area contributed by atoms with E-state index in [0.717, 1.165) is 11.1 Å². The standard InChI is InChI=1S/C27H27N5O3/c1-19-25(34-15-21-10-6-3-7-11-21)23(16-33-14-20-8-4-2-5-9-20)35-27(19,17-28)24-13-12-22-26(29)30-18-31-32(22)24/h2-13,18-19,23,25H,14-16H2,1H3,(H2,29,30,31)/t19-,23+,25-,27?/m0/s1. The predicted octanol–water partition coefficient (Wildman–Crippen LogP) is 3.87. The van der Waals surface area contributed by atoms with Crippen molar-refractivity contribution in [3.8, 4) is 6.07 Å². The highest BCUT2D eigenvalue weighted by atomic mass is 16.6. The van der Waals surface area contributed by atoms with Gasteiger partial charge in [0.1, 0.15) is 24.0 Å². The second-order valence-electron chi connectivity index (χ2n) is 8.72. The van der Waals surface area contributed by atoms with Gasteiger partial charge < -0.3 is 19.9 Å². The summed E-state index contributed by atoms with van der Waals surface area (Å²) in [4.78, 5) is 4.05. The molecule has 0 radical (unpaired) electrons. The van der Waals surface area contributed by atoms with Crippen LogP contribution in [0.2, 0.25) is 0 Å². The third kappa shape index (κ3) is 4.37. The Morgan fingerprint density at radius 3 is 2.40 bits per heavy atom. The van der Waals surface area contributed by atoms with E-state index in [9.17, 15) is 5.26 Å². The van der Waals surface area contributed by atoms with Gasteiger partial charge in [0.05, 0.1) is 31.6 Å². The Kier molecular flexibility index (Phi) is 6.47. The molecule has 0 aliphatic carbocycles. The molecule has 1 aliphatic rings.